The van der Waals surface area contributed by atoms with Gasteiger partial charge in [0.2, 0.25) is 0 Å². The first-order chi connectivity index (χ1) is 17.2. The molecule has 0 bridgehead atoms. The zero-order chi connectivity index (χ0) is 25.6. The summed E-state index contributed by atoms with van der Waals surface area (Å²) < 4.78 is 0. The Hall–Kier alpha value is -3.68. The van der Waals surface area contributed by atoms with Crippen molar-refractivity contribution in [2.45, 2.75) is 12.5 Å². The van der Waals surface area contributed by atoms with E-state index in [2.05, 4.69) is 5.10 Å². The van der Waals surface area contributed by atoms with E-state index in [1.165, 1.54) is 16.0 Å². The van der Waals surface area contributed by atoms with Gasteiger partial charge in [0.1, 0.15) is 6.54 Å². The number of hydrogen-bond donors (Lipinski definition) is 0. The molecule has 2 aliphatic heterocycles. The third kappa shape index (κ3) is 4.25. The predicted molar refractivity (Wildman–Crippen MR) is 141 cm³/mol. The Morgan fingerprint density at radius 1 is 1.00 bits per heavy atom. The molecule has 0 spiro atoms. The molecule has 0 N–H and O–H groups in total. The SMILES string of the molecule is CN(C)c1ccc(C2CC(c3ccccc3Cl)=NN2C(=O)CN2C(=O)C(=O)c3cc(Cl)ccc32)cc1. The number of hydrazone groups is 1. The normalized spacial score (nSPS) is 16.9. The Kier molecular flexibility index (Phi) is 6.28. The molecular formula is C27H22Cl2N4O3. The summed E-state index contributed by atoms with van der Waals surface area (Å²) >= 11 is 12.4. The van der Waals surface area contributed by atoms with Crippen LogP contribution in [-0.4, -0.2) is 49.0 Å². The summed E-state index contributed by atoms with van der Waals surface area (Å²) in [4.78, 5) is 42.0. The van der Waals surface area contributed by atoms with Crippen LogP contribution in [0.25, 0.3) is 0 Å². The van der Waals surface area contributed by atoms with Crippen LogP contribution in [0.1, 0.15) is 33.9 Å². The second-order valence-corrected chi connectivity index (χ2v) is 9.70. The van der Waals surface area contributed by atoms with Crippen molar-refractivity contribution >= 4 is 57.9 Å². The van der Waals surface area contributed by atoms with Gasteiger partial charge in [0.05, 0.1) is 23.0 Å². The third-order valence-electron chi connectivity index (χ3n) is 6.37. The highest BCUT2D eigenvalue weighted by Crippen LogP contribution is 2.36. The highest BCUT2D eigenvalue weighted by Gasteiger charge is 2.40. The zero-order valence-electron chi connectivity index (χ0n) is 19.6. The van der Waals surface area contributed by atoms with E-state index in [4.69, 9.17) is 23.2 Å². The molecule has 2 aliphatic rings. The fourth-order valence-corrected chi connectivity index (χ4v) is 4.91. The smallest absolute Gasteiger partial charge is 0.299 e. The van der Waals surface area contributed by atoms with E-state index in [1.807, 2.05) is 61.5 Å². The number of carbonyl (C=O) groups is 3. The van der Waals surface area contributed by atoms with Gasteiger partial charge in [-0.3, -0.25) is 19.3 Å². The molecule has 2 amide bonds. The summed E-state index contributed by atoms with van der Waals surface area (Å²) in [5, 5.41) is 6.94. The second-order valence-electron chi connectivity index (χ2n) is 8.85. The van der Waals surface area contributed by atoms with E-state index >= 15 is 0 Å². The van der Waals surface area contributed by atoms with Gasteiger partial charge < -0.3 is 4.90 Å². The van der Waals surface area contributed by atoms with Crippen LogP contribution in [0.15, 0.2) is 71.8 Å². The lowest BCUT2D eigenvalue weighted by Gasteiger charge is -2.25. The largest absolute Gasteiger partial charge is 0.378 e. The number of carbonyl (C=O) groups excluding carboxylic acids is 3. The van der Waals surface area contributed by atoms with Crippen molar-refractivity contribution in [3.8, 4) is 0 Å². The van der Waals surface area contributed by atoms with Crippen LogP contribution in [0, 0.1) is 0 Å². The van der Waals surface area contributed by atoms with Gasteiger partial charge in [-0.05, 0) is 42.0 Å². The summed E-state index contributed by atoms with van der Waals surface area (Å²) in [6, 6.07) is 19.5. The second kappa shape index (κ2) is 9.41. The van der Waals surface area contributed by atoms with Crippen molar-refractivity contribution in [1.29, 1.82) is 0 Å². The molecule has 3 aromatic rings. The number of ketones is 1. The van der Waals surface area contributed by atoms with Crippen LogP contribution >= 0.6 is 23.2 Å². The summed E-state index contributed by atoms with van der Waals surface area (Å²) in [6.07, 6.45) is 0.454. The highest BCUT2D eigenvalue weighted by atomic mass is 35.5. The molecule has 0 aromatic heterocycles. The molecule has 5 rings (SSSR count). The van der Waals surface area contributed by atoms with Crippen LogP contribution in [0.2, 0.25) is 10.0 Å². The minimum atomic E-state index is -0.762. The number of halogens is 2. The minimum Gasteiger partial charge on any atom is -0.378 e. The van der Waals surface area contributed by atoms with Crippen LogP contribution in [0.3, 0.4) is 0 Å². The molecular weight excluding hydrogens is 499 g/mol. The summed E-state index contributed by atoms with van der Waals surface area (Å²) in [5.41, 5.74) is 3.90. The summed E-state index contributed by atoms with van der Waals surface area (Å²) in [5.74, 6) is -1.86. The Labute approximate surface area is 218 Å². The van der Waals surface area contributed by atoms with Gasteiger partial charge in [-0.1, -0.05) is 53.5 Å². The molecule has 0 radical (unpaired) electrons. The average Bonchev–Trinajstić information content (AvgIpc) is 3.40. The number of anilines is 2. The number of fused-ring (bicyclic) bond motifs is 1. The van der Waals surface area contributed by atoms with Crippen LogP contribution < -0.4 is 9.80 Å². The lowest BCUT2D eigenvalue weighted by molar-refractivity contribution is -0.132. The quantitative estimate of drug-likeness (QED) is 0.445. The van der Waals surface area contributed by atoms with Gasteiger partial charge >= 0.3 is 0 Å². The van der Waals surface area contributed by atoms with Gasteiger partial charge in [0, 0.05) is 41.8 Å². The summed E-state index contributed by atoms with van der Waals surface area (Å²) in [6.45, 7) is -0.329. The van der Waals surface area contributed by atoms with Crippen molar-refractivity contribution in [3.05, 3.63) is 93.5 Å². The lowest BCUT2D eigenvalue weighted by atomic mass is 9.98. The van der Waals surface area contributed by atoms with Gasteiger partial charge in [0.15, 0.2) is 0 Å². The number of nitrogens with zero attached hydrogens (tertiary/aromatic N) is 4. The highest BCUT2D eigenvalue weighted by molar-refractivity contribution is 6.53. The van der Waals surface area contributed by atoms with E-state index in [0.717, 1.165) is 16.8 Å². The maximum Gasteiger partial charge on any atom is 0.299 e. The van der Waals surface area contributed by atoms with Gasteiger partial charge in [-0.2, -0.15) is 5.10 Å². The predicted octanol–water partition coefficient (Wildman–Crippen LogP) is 4.97. The molecule has 7 nitrogen and oxygen atoms in total. The van der Waals surface area contributed by atoms with E-state index in [1.54, 1.807) is 18.2 Å². The number of benzene rings is 3. The van der Waals surface area contributed by atoms with E-state index in [9.17, 15) is 14.4 Å². The van der Waals surface area contributed by atoms with Gasteiger partial charge in [-0.15, -0.1) is 0 Å². The molecule has 9 heteroatoms. The van der Waals surface area contributed by atoms with E-state index in [0.29, 0.717) is 27.9 Å². The molecule has 1 unspecified atom stereocenters. The molecule has 0 aliphatic carbocycles. The maximum atomic E-state index is 13.6. The van der Waals surface area contributed by atoms with Crippen molar-refractivity contribution in [3.63, 3.8) is 0 Å². The Morgan fingerprint density at radius 2 is 1.72 bits per heavy atom. The number of Topliss-reactive ketones (excluding diaryl/α,β-unsaturated/α-hetero) is 1. The molecule has 3 aromatic carbocycles. The number of hydrogen-bond acceptors (Lipinski definition) is 5. The topological polar surface area (TPSA) is 73.3 Å². The van der Waals surface area contributed by atoms with Crippen molar-refractivity contribution in [2.24, 2.45) is 5.10 Å². The lowest BCUT2D eigenvalue weighted by Crippen LogP contribution is -2.40. The van der Waals surface area contributed by atoms with Crippen molar-refractivity contribution < 1.29 is 14.4 Å². The molecule has 1 atom stereocenters. The van der Waals surface area contributed by atoms with Crippen LogP contribution in [0.4, 0.5) is 11.4 Å². The van der Waals surface area contributed by atoms with Gasteiger partial charge in [0.25, 0.3) is 17.6 Å². The maximum absolute atomic E-state index is 13.6. The van der Waals surface area contributed by atoms with Crippen molar-refractivity contribution in [1.82, 2.24) is 5.01 Å². The molecule has 2 heterocycles. The fraction of sp³-hybridized carbons (Fsp3) is 0.185. The van der Waals surface area contributed by atoms with Gasteiger partial charge in [-0.25, -0.2) is 5.01 Å². The minimum absolute atomic E-state index is 0.192. The number of amides is 2. The van der Waals surface area contributed by atoms with Crippen LogP contribution in [0.5, 0.6) is 0 Å². The summed E-state index contributed by atoms with van der Waals surface area (Å²) in [7, 11) is 3.91. The standard InChI is InChI=1S/C27H22Cl2N4O3/c1-31(2)18-10-7-16(8-11-18)24-14-22(19-5-3-4-6-21(19)29)30-33(24)25(34)15-32-23-12-9-17(28)13-20(23)26(35)27(32)36/h3-13,24H,14-15H2,1-2H3. The molecule has 182 valence electrons. The molecule has 36 heavy (non-hydrogen) atoms. The number of rotatable bonds is 5. The Balaban J connectivity index is 1.49. The zero-order valence-corrected chi connectivity index (χ0v) is 21.1. The first-order valence-corrected chi connectivity index (χ1v) is 12.1. The average molecular weight is 521 g/mol. The Bertz CT molecular complexity index is 1420. The third-order valence-corrected chi connectivity index (χ3v) is 6.94. The van der Waals surface area contributed by atoms with Crippen molar-refractivity contribution in [2.75, 3.05) is 30.4 Å². The molecule has 0 saturated heterocycles. The van der Waals surface area contributed by atoms with Crippen LogP contribution in [-0.2, 0) is 9.59 Å². The first-order valence-electron chi connectivity index (χ1n) is 11.3. The Morgan fingerprint density at radius 3 is 2.42 bits per heavy atom. The van der Waals surface area contributed by atoms with E-state index in [-0.39, 0.29) is 12.1 Å². The fourth-order valence-electron chi connectivity index (χ4n) is 4.49. The van der Waals surface area contributed by atoms with E-state index < -0.39 is 23.6 Å². The molecule has 0 fully saturated rings. The monoisotopic (exact) mass is 520 g/mol. The first kappa shape index (κ1) is 24.0. The molecule has 0 saturated carbocycles.